The molecule has 1 fully saturated rings. The molecule has 3 nitrogen and oxygen atoms in total. The molecular formula is C13H17BrFNO2. The number of morpholine rings is 1. The number of hydrogen-bond acceptors (Lipinski definition) is 3. The Kier molecular flexibility index (Phi) is 5.12. The lowest BCUT2D eigenvalue weighted by molar-refractivity contribution is 0.0298. The van der Waals surface area contributed by atoms with Gasteiger partial charge < -0.3 is 9.84 Å². The fourth-order valence-electron chi connectivity index (χ4n) is 2.06. The van der Waals surface area contributed by atoms with Crippen LogP contribution in [0.15, 0.2) is 22.7 Å². The van der Waals surface area contributed by atoms with Gasteiger partial charge in [-0.05, 0) is 24.6 Å². The number of hydrogen-bond donors (Lipinski definition) is 1. The molecule has 1 unspecified atom stereocenters. The van der Waals surface area contributed by atoms with E-state index in [1.165, 1.54) is 6.07 Å². The van der Waals surface area contributed by atoms with Gasteiger partial charge in [0.05, 0.1) is 19.3 Å². The molecule has 1 N–H and O–H groups in total. The van der Waals surface area contributed by atoms with Crippen LogP contribution >= 0.6 is 15.9 Å². The van der Waals surface area contributed by atoms with Crippen molar-refractivity contribution >= 4 is 15.9 Å². The highest BCUT2D eigenvalue weighted by Gasteiger charge is 2.16. The summed E-state index contributed by atoms with van der Waals surface area (Å²) >= 11 is 3.29. The zero-order valence-corrected chi connectivity index (χ0v) is 11.7. The highest BCUT2D eigenvalue weighted by Crippen LogP contribution is 2.24. The quantitative estimate of drug-likeness (QED) is 0.925. The molecule has 0 amide bonds. The SMILES string of the molecule is OC(CCN1CCOCC1)c1cc(Br)ccc1F. The maximum absolute atomic E-state index is 13.6. The number of aliphatic hydroxyl groups excluding tert-OH is 1. The van der Waals surface area contributed by atoms with Gasteiger partial charge in [0.1, 0.15) is 5.82 Å². The largest absolute Gasteiger partial charge is 0.388 e. The van der Waals surface area contributed by atoms with E-state index in [0.29, 0.717) is 12.0 Å². The summed E-state index contributed by atoms with van der Waals surface area (Å²) in [4.78, 5) is 2.22. The van der Waals surface area contributed by atoms with Gasteiger partial charge >= 0.3 is 0 Å². The number of halogens is 2. The molecule has 2 rings (SSSR count). The van der Waals surface area contributed by atoms with E-state index in [2.05, 4.69) is 20.8 Å². The normalized spacial score (nSPS) is 18.8. The van der Waals surface area contributed by atoms with Gasteiger partial charge in [0.25, 0.3) is 0 Å². The molecule has 5 heteroatoms. The molecule has 1 saturated heterocycles. The topological polar surface area (TPSA) is 32.7 Å². The van der Waals surface area contributed by atoms with Crippen molar-refractivity contribution in [3.63, 3.8) is 0 Å². The van der Waals surface area contributed by atoms with E-state index in [1.54, 1.807) is 12.1 Å². The van der Waals surface area contributed by atoms with Crippen molar-refractivity contribution < 1.29 is 14.2 Å². The number of aliphatic hydroxyl groups is 1. The van der Waals surface area contributed by atoms with Crippen LogP contribution in [0.2, 0.25) is 0 Å². The van der Waals surface area contributed by atoms with Gasteiger partial charge in [0.2, 0.25) is 0 Å². The maximum atomic E-state index is 13.6. The van der Waals surface area contributed by atoms with Gasteiger partial charge in [0.15, 0.2) is 0 Å². The average Bonchev–Trinajstić information content (AvgIpc) is 2.40. The molecule has 1 aliphatic rings. The van der Waals surface area contributed by atoms with E-state index in [0.717, 1.165) is 37.3 Å². The lowest BCUT2D eigenvalue weighted by Gasteiger charge is -2.27. The number of nitrogens with zero attached hydrogens (tertiary/aromatic N) is 1. The Bertz CT molecular complexity index is 397. The summed E-state index contributed by atoms with van der Waals surface area (Å²) in [5.74, 6) is -0.354. The first-order valence-corrected chi connectivity index (χ1v) is 6.89. The monoisotopic (exact) mass is 317 g/mol. The van der Waals surface area contributed by atoms with Crippen molar-refractivity contribution in [2.45, 2.75) is 12.5 Å². The van der Waals surface area contributed by atoms with Gasteiger partial charge in [-0.2, -0.15) is 0 Å². The first-order chi connectivity index (χ1) is 8.66. The molecule has 18 heavy (non-hydrogen) atoms. The second kappa shape index (κ2) is 6.61. The molecule has 0 saturated carbocycles. The van der Waals surface area contributed by atoms with Crippen LogP contribution in [0.1, 0.15) is 18.1 Å². The second-order valence-electron chi connectivity index (χ2n) is 4.42. The van der Waals surface area contributed by atoms with E-state index in [-0.39, 0.29) is 5.82 Å². The van der Waals surface area contributed by atoms with Crippen LogP contribution in [0, 0.1) is 5.82 Å². The zero-order chi connectivity index (χ0) is 13.0. The average molecular weight is 318 g/mol. The smallest absolute Gasteiger partial charge is 0.129 e. The van der Waals surface area contributed by atoms with Crippen molar-refractivity contribution in [1.82, 2.24) is 4.90 Å². The Morgan fingerprint density at radius 1 is 1.39 bits per heavy atom. The lowest BCUT2D eigenvalue weighted by Crippen LogP contribution is -2.37. The molecule has 100 valence electrons. The summed E-state index contributed by atoms with van der Waals surface area (Å²) in [5.41, 5.74) is 0.359. The van der Waals surface area contributed by atoms with E-state index in [1.807, 2.05) is 0 Å². The Labute approximate surface area is 115 Å². The van der Waals surface area contributed by atoms with Crippen LogP contribution in [0.25, 0.3) is 0 Å². The molecular weight excluding hydrogens is 301 g/mol. The molecule has 0 spiro atoms. The first-order valence-electron chi connectivity index (χ1n) is 6.10. The molecule has 1 atom stereocenters. The van der Waals surface area contributed by atoms with E-state index >= 15 is 0 Å². The van der Waals surface area contributed by atoms with Gasteiger partial charge in [-0.1, -0.05) is 15.9 Å². The van der Waals surface area contributed by atoms with Crippen LogP contribution in [0.4, 0.5) is 4.39 Å². The molecule has 0 aliphatic carbocycles. The lowest BCUT2D eigenvalue weighted by atomic mass is 10.1. The fraction of sp³-hybridized carbons (Fsp3) is 0.538. The third-order valence-corrected chi connectivity index (χ3v) is 3.63. The van der Waals surface area contributed by atoms with Crippen LogP contribution in [-0.2, 0) is 4.74 Å². The van der Waals surface area contributed by atoms with Crippen molar-refractivity contribution in [2.75, 3.05) is 32.8 Å². The second-order valence-corrected chi connectivity index (χ2v) is 5.34. The predicted octanol–water partition coefficient (Wildman–Crippen LogP) is 2.34. The molecule has 1 aliphatic heterocycles. The minimum absolute atomic E-state index is 0.354. The fourth-order valence-corrected chi connectivity index (χ4v) is 2.43. The minimum Gasteiger partial charge on any atom is -0.388 e. The minimum atomic E-state index is -0.759. The molecule has 0 radical (unpaired) electrons. The highest BCUT2D eigenvalue weighted by molar-refractivity contribution is 9.10. The van der Waals surface area contributed by atoms with Crippen LogP contribution in [0.5, 0.6) is 0 Å². The first kappa shape index (κ1) is 13.9. The van der Waals surface area contributed by atoms with Gasteiger partial charge in [-0.3, -0.25) is 4.90 Å². The van der Waals surface area contributed by atoms with Gasteiger partial charge in [-0.15, -0.1) is 0 Å². The summed E-state index contributed by atoms with van der Waals surface area (Å²) in [7, 11) is 0. The highest BCUT2D eigenvalue weighted by atomic mass is 79.9. The van der Waals surface area contributed by atoms with Crippen molar-refractivity contribution in [1.29, 1.82) is 0 Å². The Morgan fingerprint density at radius 2 is 2.11 bits per heavy atom. The van der Waals surface area contributed by atoms with Gasteiger partial charge in [0, 0.05) is 29.7 Å². The van der Waals surface area contributed by atoms with Gasteiger partial charge in [-0.25, -0.2) is 4.39 Å². The zero-order valence-electron chi connectivity index (χ0n) is 10.1. The van der Waals surface area contributed by atoms with E-state index < -0.39 is 6.10 Å². The van der Waals surface area contributed by atoms with E-state index in [4.69, 9.17) is 4.74 Å². The molecule has 1 heterocycles. The van der Waals surface area contributed by atoms with Crippen LogP contribution < -0.4 is 0 Å². The summed E-state index contributed by atoms with van der Waals surface area (Å²) in [6.07, 6.45) is -0.224. The van der Waals surface area contributed by atoms with E-state index in [9.17, 15) is 9.50 Å². The number of rotatable bonds is 4. The predicted molar refractivity (Wildman–Crippen MR) is 70.9 cm³/mol. The summed E-state index contributed by atoms with van der Waals surface area (Å²) < 4.78 is 19.6. The van der Waals surface area contributed by atoms with Crippen LogP contribution in [0.3, 0.4) is 0 Å². The Balaban J connectivity index is 1.90. The van der Waals surface area contributed by atoms with Crippen molar-refractivity contribution in [3.8, 4) is 0 Å². The Hall–Kier alpha value is -0.490. The third-order valence-electron chi connectivity index (χ3n) is 3.14. The summed E-state index contributed by atoms with van der Waals surface area (Å²) in [5, 5.41) is 10.0. The summed E-state index contributed by atoms with van der Waals surface area (Å²) in [6.45, 7) is 4.00. The Morgan fingerprint density at radius 3 is 2.83 bits per heavy atom. The molecule has 0 aromatic heterocycles. The van der Waals surface area contributed by atoms with Crippen molar-refractivity contribution in [2.24, 2.45) is 0 Å². The number of ether oxygens (including phenoxy) is 1. The maximum Gasteiger partial charge on any atom is 0.129 e. The molecule has 0 bridgehead atoms. The third kappa shape index (κ3) is 3.75. The van der Waals surface area contributed by atoms with Crippen molar-refractivity contribution in [3.05, 3.63) is 34.1 Å². The molecule has 1 aromatic rings. The molecule has 1 aromatic carbocycles. The summed E-state index contributed by atoms with van der Waals surface area (Å²) in [6, 6.07) is 4.64. The standard InChI is InChI=1S/C13H17BrFNO2/c14-10-1-2-12(15)11(9-10)13(17)3-4-16-5-7-18-8-6-16/h1-2,9,13,17H,3-8H2. The number of benzene rings is 1. The van der Waals surface area contributed by atoms with Crippen LogP contribution in [-0.4, -0.2) is 42.9 Å².